The van der Waals surface area contributed by atoms with Crippen molar-refractivity contribution in [2.24, 2.45) is 0 Å². The average molecular weight is 264 g/mol. The Morgan fingerprint density at radius 1 is 1.47 bits per heavy atom. The van der Waals surface area contributed by atoms with E-state index in [-0.39, 0.29) is 12.4 Å². The van der Waals surface area contributed by atoms with E-state index in [2.05, 4.69) is 17.2 Å². The summed E-state index contributed by atoms with van der Waals surface area (Å²) in [5, 5.41) is 3.20. The Kier molecular flexibility index (Phi) is 4.92. The molecule has 0 spiro atoms. The number of aromatic nitrogens is 1. The maximum absolute atomic E-state index is 13.2. The fourth-order valence-corrected chi connectivity index (χ4v) is 1.66. The van der Waals surface area contributed by atoms with Crippen LogP contribution >= 0.6 is 0 Å². The first-order chi connectivity index (χ1) is 9.29. The molecule has 0 amide bonds. The lowest BCUT2D eigenvalue weighted by atomic mass is 10.2. The van der Waals surface area contributed by atoms with Crippen LogP contribution in [-0.2, 0) is 13.2 Å². The normalized spacial score (nSPS) is 10.6. The molecule has 0 aliphatic carbocycles. The SMILES string of the molecule is CCCNCc1cc(F)cnc1OCc1ccco1. The van der Waals surface area contributed by atoms with E-state index in [0.29, 0.717) is 23.7 Å². The molecule has 0 aromatic carbocycles. The lowest BCUT2D eigenvalue weighted by molar-refractivity contribution is 0.256. The minimum absolute atomic E-state index is 0.284. The summed E-state index contributed by atoms with van der Waals surface area (Å²) >= 11 is 0. The number of nitrogens with zero attached hydrogens (tertiary/aromatic N) is 1. The van der Waals surface area contributed by atoms with Gasteiger partial charge in [-0.1, -0.05) is 6.92 Å². The van der Waals surface area contributed by atoms with E-state index in [1.807, 2.05) is 6.07 Å². The van der Waals surface area contributed by atoms with Crippen LogP contribution in [0.2, 0.25) is 0 Å². The summed E-state index contributed by atoms with van der Waals surface area (Å²) in [6.07, 6.45) is 3.76. The van der Waals surface area contributed by atoms with Crippen molar-refractivity contribution in [3.05, 3.63) is 47.8 Å². The van der Waals surface area contributed by atoms with Crippen LogP contribution in [-0.4, -0.2) is 11.5 Å². The minimum Gasteiger partial charge on any atom is -0.469 e. The zero-order valence-electron chi connectivity index (χ0n) is 10.9. The molecule has 0 atom stereocenters. The molecule has 2 aromatic heterocycles. The van der Waals surface area contributed by atoms with Gasteiger partial charge < -0.3 is 14.5 Å². The number of hydrogen-bond donors (Lipinski definition) is 1. The number of rotatable bonds is 7. The van der Waals surface area contributed by atoms with E-state index in [1.165, 1.54) is 6.07 Å². The van der Waals surface area contributed by atoms with Gasteiger partial charge in [0.2, 0.25) is 5.88 Å². The zero-order valence-corrected chi connectivity index (χ0v) is 10.9. The Balaban J connectivity index is 2.01. The molecule has 2 rings (SSSR count). The van der Waals surface area contributed by atoms with Gasteiger partial charge in [-0.05, 0) is 31.2 Å². The molecule has 0 saturated heterocycles. The van der Waals surface area contributed by atoms with Crippen molar-refractivity contribution in [1.82, 2.24) is 10.3 Å². The van der Waals surface area contributed by atoms with Crippen molar-refractivity contribution in [2.45, 2.75) is 26.5 Å². The van der Waals surface area contributed by atoms with Gasteiger partial charge in [0.05, 0.1) is 12.5 Å². The molecule has 4 nitrogen and oxygen atoms in total. The molecule has 5 heteroatoms. The van der Waals surface area contributed by atoms with Crippen LogP contribution in [0.1, 0.15) is 24.7 Å². The highest BCUT2D eigenvalue weighted by atomic mass is 19.1. The minimum atomic E-state index is -0.362. The Labute approximate surface area is 111 Å². The van der Waals surface area contributed by atoms with Gasteiger partial charge in [0.25, 0.3) is 0 Å². The lowest BCUT2D eigenvalue weighted by Gasteiger charge is -2.10. The Morgan fingerprint density at radius 3 is 3.11 bits per heavy atom. The smallest absolute Gasteiger partial charge is 0.218 e. The summed E-state index contributed by atoms with van der Waals surface area (Å²) in [5.74, 6) is 0.777. The predicted molar refractivity (Wildman–Crippen MR) is 69.2 cm³/mol. The van der Waals surface area contributed by atoms with Crippen molar-refractivity contribution in [3.63, 3.8) is 0 Å². The van der Waals surface area contributed by atoms with Gasteiger partial charge in [0.1, 0.15) is 18.2 Å². The summed E-state index contributed by atoms with van der Waals surface area (Å²) in [6, 6.07) is 5.05. The largest absolute Gasteiger partial charge is 0.469 e. The van der Waals surface area contributed by atoms with Gasteiger partial charge in [0, 0.05) is 12.1 Å². The van der Waals surface area contributed by atoms with Gasteiger partial charge >= 0.3 is 0 Å². The zero-order chi connectivity index (χ0) is 13.5. The Hall–Kier alpha value is -1.88. The van der Waals surface area contributed by atoms with Gasteiger partial charge in [-0.3, -0.25) is 0 Å². The van der Waals surface area contributed by atoms with E-state index in [9.17, 15) is 4.39 Å². The van der Waals surface area contributed by atoms with Crippen LogP contribution < -0.4 is 10.1 Å². The van der Waals surface area contributed by atoms with Gasteiger partial charge in [0.15, 0.2) is 0 Å². The molecular weight excluding hydrogens is 247 g/mol. The Morgan fingerprint density at radius 2 is 2.37 bits per heavy atom. The maximum Gasteiger partial charge on any atom is 0.218 e. The molecule has 2 heterocycles. The summed E-state index contributed by atoms with van der Waals surface area (Å²) in [6.45, 7) is 3.76. The molecule has 102 valence electrons. The first-order valence-electron chi connectivity index (χ1n) is 6.30. The van der Waals surface area contributed by atoms with E-state index >= 15 is 0 Å². The van der Waals surface area contributed by atoms with Crippen LogP contribution in [0.3, 0.4) is 0 Å². The molecule has 0 aliphatic rings. The van der Waals surface area contributed by atoms with Gasteiger partial charge in [-0.2, -0.15) is 0 Å². The van der Waals surface area contributed by atoms with Crippen LogP contribution in [0, 0.1) is 5.82 Å². The van der Waals surface area contributed by atoms with Gasteiger partial charge in [-0.25, -0.2) is 9.37 Å². The molecule has 2 aromatic rings. The van der Waals surface area contributed by atoms with Crippen LogP contribution in [0.25, 0.3) is 0 Å². The predicted octanol–water partition coefficient (Wildman–Crippen LogP) is 2.89. The molecule has 19 heavy (non-hydrogen) atoms. The molecular formula is C14H17FN2O2. The van der Waals surface area contributed by atoms with Crippen LogP contribution in [0.5, 0.6) is 5.88 Å². The quantitative estimate of drug-likeness (QED) is 0.781. The molecule has 0 fully saturated rings. The summed E-state index contributed by atoms with van der Waals surface area (Å²) < 4.78 is 23.9. The van der Waals surface area contributed by atoms with Crippen molar-refractivity contribution in [2.75, 3.05) is 6.54 Å². The second kappa shape index (κ2) is 6.89. The molecule has 0 saturated carbocycles. The van der Waals surface area contributed by atoms with Gasteiger partial charge in [-0.15, -0.1) is 0 Å². The third kappa shape index (κ3) is 4.06. The second-order valence-electron chi connectivity index (χ2n) is 4.16. The fourth-order valence-electron chi connectivity index (χ4n) is 1.66. The first-order valence-corrected chi connectivity index (χ1v) is 6.30. The van der Waals surface area contributed by atoms with Crippen molar-refractivity contribution in [3.8, 4) is 5.88 Å². The molecule has 0 unspecified atom stereocenters. The molecule has 0 bridgehead atoms. The Bertz CT molecular complexity index is 500. The maximum atomic E-state index is 13.2. The third-order valence-electron chi connectivity index (χ3n) is 2.57. The van der Waals surface area contributed by atoms with E-state index in [4.69, 9.17) is 9.15 Å². The van der Waals surface area contributed by atoms with Crippen molar-refractivity contribution >= 4 is 0 Å². The second-order valence-corrected chi connectivity index (χ2v) is 4.16. The van der Waals surface area contributed by atoms with Crippen LogP contribution in [0.4, 0.5) is 4.39 Å². The molecule has 0 aliphatic heterocycles. The van der Waals surface area contributed by atoms with E-state index in [0.717, 1.165) is 19.2 Å². The standard InChI is InChI=1S/C14H17FN2O2/c1-2-5-16-8-11-7-12(15)9-17-14(11)19-10-13-4-3-6-18-13/h3-4,6-7,9,16H,2,5,8,10H2,1H3. The number of furan rings is 1. The lowest BCUT2D eigenvalue weighted by Crippen LogP contribution is -2.15. The molecule has 0 radical (unpaired) electrons. The number of halogens is 1. The summed E-state index contributed by atoms with van der Waals surface area (Å²) in [5.41, 5.74) is 0.708. The van der Waals surface area contributed by atoms with Crippen LogP contribution in [0.15, 0.2) is 35.1 Å². The first kappa shape index (κ1) is 13.5. The average Bonchev–Trinajstić information content (AvgIpc) is 2.91. The number of hydrogen-bond acceptors (Lipinski definition) is 4. The highest BCUT2D eigenvalue weighted by molar-refractivity contribution is 5.26. The topological polar surface area (TPSA) is 47.3 Å². The van der Waals surface area contributed by atoms with Crippen molar-refractivity contribution in [1.29, 1.82) is 0 Å². The highest BCUT2D eigenvalue weighted by Gasteiger charge is 2.08. The fraction of sp³-hybridized carbons (Fsp3) is 0.357. The monoisotopic (exact) mass is 264 g/mol. The number of ether oxygens (including phenoxy) is 1. The van der Waals surface area contributed by atoms with Crippen molar-refractivity contribution < 1.29 is 13.5 Å². The molecule has 1 N–H and O–H groups in total. The number of nitrogens with one attached hydrogen (secondary N) is 1. The number of pyridine rings is 1. The summed E-state index contributed by atoms with van der Waals surface area (Å²) in [7, 11) is 0. The van der Waals surface area contributed by atoms with E-state index in [1.54, 1.807) is 12.3 Å². The summed E-state index contributed by atoms with van der Waals surface area (Å²) in [4.78, 5) is 3.98. The highest BCUT2D eigenvalue weighted by Crippen LogP contribution is 2.17. The third-order valence-corrected chi connectivity index (χ3v) is 2.57. The van der Waals surface area contributed by atoms with E-state index < -0.39 is 0 Å².